The van der Waals surface area contributed by atoms with E-state index < -0.39 is 6.85 Å². The highest BCUT2D eigenvalue weighted by Crippen LogP contribution is 2.48. The number of allylic oxidation sites excluding steroid dienone is 3. The second-order valence-electron chi connectivity index (χ2n) is 7.26. The van der Waals surface area contributed by atoms with Crippen LogP contribution in [-0.4, -0.2) is 23.4 Å². The second-order valence-corrected chi connectivity index (χ2v) is 8.61. The third kappa shape index (κ3) is 2.34. The van der Waals surface area contributed by atoms with Crippen LogP contribution in [0.1, 0.15) is 43.6 Å². The summed E-state index contributed by atoms with van der Waals surface area (Å²) in [6.45, 7) is -0.0108. The molecule has 1 N–H and O–H groups in total. The monoisotopic (exact) mass is 343 g/mol. The number of thioether (sulfide) groups is 1. The normalized spacial score (nSPS) is 42.6. The number of ether oxygens (including phenoxy) is 1. The van der Waals surface area contributed by atoms with Gasteiger partial charge in [0.2, 0.25) is 0 Å². The zero-order chi connectivity index (χ0) is 18.8. The Hall–Kier alpha value is -1.26. The highest BCUT2D eigenvalue weighted by atomic mass is 32.2. The number of rotatable bonds is 1. The Kier molecular flexibility index (Phi) is 2.85. The fraction of sp³-hybridized carbons (Fsp3) is 0.550. The van der Waals surface area contributed by atoms with Crippen LogP contribution in [0, 0.1) is 11.8 Å². The topological polar surface area (TPSA) is 33.6 Å². The Morgan fingerprint density at radius 3 is 3.33 bits per heavy atom. The molecule has 5 rings (SSSR count). The third-order valence-electron chi connectivity index (χ3n) is 5.74. The number of nitrogens with one attached hydrogen (secondary N) is 1. The lowest BCUT2D eigenvalue weighted by molar-refractivity contribution is 0.146. The first kappa shape index (κ1) is 12.2. The van der Waals surface area contributed by atoms with Crippen LogP contribution in [0.3, 0.4) is 0 Å². The summed E-state index contributed by atoms with van der Waals surface area (Å²) >= 11 is 1.89. The average molecular weight is 344 g/mol. The maximum atomic E-state index is 7.62. The summed E-state index contributed by atoms with van der Waals surface area (Å²) in [6, 6.07) is 0.304. The molecule has 0 saturated carbocycles. The van der Waals surface area contributed by atoms with E-state index in [4.69, 9.17) is 8.85 Å². The molecule has 1 saturated heterocycles. The Balaban J connectivity index is 1.42. The van der Waals surface area contributed by atoms with Gasteiger partial charge in [-0.25, -0.2) is 4.99 Å². The van der Waals surface area contributed by atoms with Crippen molar-refractivity contribution in [1.82, 2.24) is 5.32 Å². The summed E-state index contributed by atoms with van der Waals surface area (Å²) in [5.41, 5.74) is 2.93. The van der Waals surface area contributed by atoms with Gasteiger partial charge in [0.15, 0.2) is 6.23 Å². The summed E-state index contributed by atoms with van der Waals surface area (Å²) in [7, 11) is 0. The van der Waals surface area contributed by atoms with Gasteiger partial charge in [0.05, 0.1) is 5.37 Å². The molecule has 5 aliphatic rings. The van der Waals surface area contributed by atoms with Gasteiger partial charge in [0.1, 0.15) is 5.76 Å². The number of aliphatic imine (C=N–C) groups is 1. The predicted octanol–water partition coefficient (Wildman–Crippen LogP) is 4.31. The molecule has 0 aromatic heterocycles. The molecular weight excluding hydrogens is 316 g/mol. The van der Waals surface area contributed by atoms with E-state index in [1.54, 1.807) is 6.08 Å². The van der Waals surface area contributed by atoms with Crippen molar-refractivity contribution >= 4 is 17.5 Å². The average Bonchev–Trinajstić information content (AvgIpc) is 3.18. The van der Waals surface area contributed by atoms with E-state index in [0.29, 0.717) is 17.3 Å². The maximum Gasteiger partial charge on any atom is 0.196 e. The molecule has 5 atom stereocenters. The molecule has 0 spiro atoms. The lowest BCUT2D eigenvalue weighted by atomic mass is 9.78. The minimum Gasteiger partial charge on any atom is -0.472 e. The van der Waals surface area contributed by atoms with Crippen molar-refractivity contribution in [3.8, 4) is 0 Å². The van der Waals surface area contributed by atoms with Gasteiger partial charge in [-0.05, 0) is 67.7 Å². The van der Waals surface area contributed by atoms with E-state index in [1.807, 2.05) is 17.8 Å². The van der Waals surface area contributed by atoms with Gasteiger partial charge in [-0.2, -0.15) is 0 Å². The van der Waals surface area contributed by atoms with Crippen LogP contribution in [0.15, 0.2) is 51.1 Å². The number of hydrogen-bond acceptors (Lipinski definition) is 4. The molecule has 1 fully saturated rings. The summed E-state index contributed by atoms with van der Waals surface area (Å²) in [5.74, 6) is 1.58. The van der Waals surface area contributed by atoms with Crippen molar-refractivity contribution in [3.05, 3.63) is 46.1 Å². The first-order valence-electron chi connectivity index (χ1n) is 10.4. The molecule has 1 aliphatic carbocycles. The molecule has 0 aromatic carbocycles. The summed E-state index contributed by atoms with van der Waals surface area (Å²) < 4.78 is 29.2. The maximum absolute atomic E-state index is 7.62. The van der Waals surface area contributed by atoms with Gasteiger partial charge in [0.25, 0.3) is 0 Å². The van der Waals surface area contributed by atoms with Gasteiger partial charge in [-0.15, -0.1) is 11.8 Å². The van der Waals surface area contributed by atoms with Crippen LogP contribution in [-0.2, 0) is 4.74 Å². The Morgan fingerprint density at radius 1 is 1.46 bits per heavy atom. The smallest absolute Gasteiger partial charge is 0.196 e. The van der Waals surface area contributed by atoms with Crippen LogP contribution in [0.2, 0.25) is 0 Å². The van der Waals surface area contributed by atoms with Gasteiger partial charge >= 0.3 is 0 Å². The van der Waals surface area contributed by atoms with Gasteiger partial charge < -0.3 is 4.74 Å². The van der Waals surface area contributed by atoms with Crippen LogP contribution in [0.5, 0.6) is 0 Å². The van der Waals surface area contributed by atoms with Crippen molar-refractivity contribution < 1.29 is 8.85 Å². The molecule has 0 aromatic rings. The van der Waals surface area contributed by atoms with Gasteiger partial charge in [0, 0.05) is 27.7 Å². The highest BCUT2D eigenvalue weighted by molar-refractivity contribution is 8.04. The molecule has 0 radical (unpaired) electrons. The van der Waals surface area contributed by atoms with E-state index in [1.165, 1.54) is 16.1 Å². The number of fused-ring (bicyclic) bond motifs is 4. The van der Waals surface area contributed by atoms with E-state index in [0.717, 1.165) is 31.4 Å². The Labute approximate surface area is 152 Å². The van der Waals surface area contributed by atoms with Crippen molar-refractivity contribution in [2.24, 2.45) is 16.8 Å². The molecule has 0 amide bonds. The van der Waals surface area contributed by atoms with E-state index in [2.05, 4.69) is 29.4 Å². The van der Waals surface area contributed by atoms with Crippen LogP contribution in [0.25, 0.3) is 0 Å². The first-order chi connectivity index (χ1) is 12.9. The standard InChI is InChI=1S/C20H24N2OS/c1-11-6-8-15-14-4-3-5-16(18(14)23-19(15)21-11)17-9-7-13-10-12(2)24-20(13)22-17/h6-8,10,14-15,17,19-20,22H,3-5,9H2,1-2H3/t14-,15?,17?,19-,20?/m0/s1/i1D3. The van der Waals surface area contributed by atoms with E-state index >= 15 is 0 Å². The van der Waals surface area contributed by atoms with E-state index in [9.17, 15) is 0 Å². The molecule has 4 aliphatic heterocycles. The molecule has 0 bridgehead atoms. The van der Waals surface area contributed by atoms with Crippen molar-refractivity contribution in [3.63, 3.8) is 0 Å². The van der Waals surface area contributed by atoms with Crippen LogP contribution < -0.4 is 5.32 Å². The van der Waals surface area contributed by atoms with Crippen LogP contribution in [0.4, 0.5) is 0 Å². The van der Waals surface area contributed by atoms with E-state index in [-0.39, 0.29) is 17.9 Å². The van der Waals surface area contributed by atoms with Crippen LogP contribution >= 0.6 is 11.8 Å². The first-order valence-corrected chi connectivity index (χ1v) is 9.75. The zero-order valence-electron chi connectivity index (χ0n) is 16.8. The third-order valence-corrected chi connectivity index (χ3v) is 6.87. The van der Waals surface area contributed by atoms with Gasteiger partial charge in [-0.3, -0.25) is 5.32 Å². The van der Waals surface area contributed by atoms with Crippen molar-refractivity contribution in [2.45, 2.75) is 57.1 Å². The fourth-order valence-corrected chi connectivity index (χ4v) is 5.76. The molecule has 24 heavy (non-hydrogen) atoms. The summed E-state index contributed by atoms with van der Waals surface area (Å²) in [6.07, 6.45) is 12.3. The molecule has 4 heterocycles. The molecule has 3 nitrogen and oxygen atoms in total. The second kappa shape index (κ2) is 5.63. The summed E-state index contributed by atoms with van der Waals surface area (Å²) in [4.78, 5) is 5.81. The number of hydrogen-bond donors (Lipinski definition) is 1. The molecule has 126 valence electrons. The quantitative estimate of drug-likeness (QED) is 0.770. The number of dihydropyridines is 1. The minimum absolute atomic E-state index is 0.164. The minimum atomic E-state index is -2.17. The lowest BCUT2D eigenvalue weighted by Crippen LogP contribution is -2.41. The Bertz CT molecular complexity index is 824. The van der Waals surface area contributed by atoms with Crippen molar-refractivity contribution in [1.29, 1.82) is 0 Å². The van der Waals surface area contributed by atoms with Crippen molar-refractivity contribution in [2.75, 3.05) is 0 Å². The zero-order valence-corrected chi connectivity index (χ0v) is 14.6. The summed E-state index contributed by atoms with van der Waals surface area (Å²) in [5, 5.41) is 4.15. The lowest BCUT2D eigenvalue weighted by Gasteiger charge is -2.33. The largest absolute Gasteiger partial charge is 0.472 e. The fourth-order valence-electron chi connectivity index (χ4n) is 4.65. The van der Waals surface area contributed by atoms with Gasteiger partial charge in [-0.1, -0.05) is 12.2 Å². The molecule has 3 unspecified atom stereocenters. The predicted molar refractivity (Wildman–Crippen MR) is 99.7 cm³/mol. The SMILES string of the molecule is [2H]C([2H])([2H])C1=N[C@H]2OC3=C(C4CC=C5C=C(C)SC5N4)CCC[C@H]3C2C=C1. The highest BCUT2D eigenvalue weighted by Gasteiger charge is 2.45. The Morgan fingerprint density at radius 2 is 2.42 bits per heavy atom. The molecular formula is C20H24N2OS. The number of nitrogens with zero attached hydrogens (tertiary/aromatic N) is 1. The molecule has 4 heteroatoms.